The highest BCUT2D eigenvalue weighted by molar-refractivity contribution is 6.00. The first-order valence-corrected chi connectivity index (χ1v) is 14.4. The number of benzene rings is 1. The van der Waals surface area contributed by atoms with Gasteiger partial charge in [0.15, 0.2) is 0 Å². The Labute approximate surface area is 251 Å². The number of carbonyl (C=O) groups is 3. The summed E-state index contributed by atoms with van der Waals surface area (Å²) in [6, 6.07) is 17.7. The van der Waals surface area contributed by atoms with Crippen LogP contribution in [0, 0.1) is 22.2 Å². The van der Waals surface area contributed by atoms with Gasteiger partial charge in [0.1, 0.15) is 23.5 Å². The monoisotopic (exact) mass is 577 g/mol. The zero-order valence-electron chi connectivity index (χ0n) is 24.2. The predicted octanol–water partition coefficient (Wildman–Crippen LogP) is 4.26. The lowest BCUT2D eigenvalue weighted by molar-refractivity contribution is -0.135. The van der Waals surface area contributed by atoms with Gasteiger partial charge < -0.3 is 20.1 Å². The van der Waals surface area contributed by atoms with Gasteiger partial charge in [-0.25, -0.2) is 0 Å². The van der Waals surface area contributed by atoms with Crippen LogP contribution < -0.4 is 5.32 Å². The Bertz CT molecular complexity index is 1800. The zero-order chi connectivity index (χ0) is 30.1. The van der Waals surface area contributed by atoms with E-state index in [-0.39, 0.29) is 38.1 Å². The van der Waals surface area contributed by atoms with Crippen molar-refractivity contribution in [2.45, 2.75) is 45.3 Å². The van der Waals surface area contributed by atoms with Crippen molar-refractivity contribution in [1.29, 1.82) is 5.26 Å². The molecule has 1 saturated carbocycles. The number of nitrogens with one attached hydrogen (secondary N) is 2. The van der Waals surface area contributed by atoms with Gasteiger partial charge in [-0.3, -0.25) is 24.4 Å². The number of fused-ring (bicyclic) bond motifs is 1. The van der Waals surface area contributed by atoms with Crippen LogP contribution >= 0.6 is 0 Å². The normalized spacial score (nSPS) is 22.7. The molecule has 4 aromatic rings. The molecule has 2 aliphatic heterocycles. The van der Waals surface area contributed by atoms with Crippen LogP contribution in [0.15, 0.2) is 67.0 Å². The highest BCUT2D eigenvalue weighted by Crippen LogP contribution is 2.65. The lowest BCUT2D eigenvalue weighted by atomic mass is 9.85. The summed E-state index contributed by atoms with van der Waals surface area (Å²) in [6.45, 7) is 6.89. The van der Waals surface area contributed by atoms with E-state index in [1.807, 2.05) is 60.9 Å². The molecule has 7 rings (SSSR count). The topological polar surface area (TPSA) is 135 Å². The highest BCUT2D eigenvalue weighted by atomic mass is 16.2. The van der Waals surface area contributed by atoms with E-state index in [0.29, 0.717) is 35.7 Å². The number of pyridine rings is 2. The summed E-state index contributed by atoms with van der Waals surface area (Å²) in [6.07, 6.45) is 3.98. The van der Waals surface area contributed by atoms with E-state index in [1.165, 1.54) is 6.20 Å². The van der Waals surface area contributed by atoms with Crippen molar-refractivity contribution in [3.8, 4) is 17.3 Å². The average Bonchev–Trinajstić information content (AvgIpc) is 3.51. The average molecular weight is 578 g/mol. The van der Waals surface area contributed by atoms with E-state index in [1.54, 1.807) is 36.5 Å². The van der Waals surface area contributed by atoms with Gasteiger partial charge in [-0.2, -0.15) is 5.26 Å². The lowest BCUT2D eigenvalue weighted by Crippen LogP contribution is -2.61. The fourth-order valence-electron chi connectivity index (χ4n) is 6.70. The first kappa shape index (κ1) is 26.8. The number of para-hydroxylation sites is 1. The second-order valence-corrected chi connectivity index (χ2v) is 12.9. The molecule has 2 saturated heterocycles. The number of hydrogen-bond acceptors (Lipinski definition) is 6. The maximum absolute atomic E-state index is 14.0. The molecule has 3 fully saturated rings. The molecule has 3 aliphatic rings. The number of H-pyrrole nitrogens is 1. The molecule has 43 heavy (non-hydrogen) atoms. The summed E-state index contributed by atoms with van der Waals surface area (Å²) >= 11 is 0. The number of aromatic amines is 1. The summed E-state index contributed by atoms with van der Waals surface area (Å²) in [5.74, 6) is -0.591. The van der Waals surface area contributed by atoms with E-state index in [0.717, 1.165) is 22.9 Å². The molecule has 4 atom stereocenters. The van der Waals surface area contributed by atoms with Crippen molar-refractivity contribution in [1.82, 2.24) is 30.1 Å². The minimum Gasteiger partial charge on any atom is -0.351 e. The summed E-state index contributed by atoms with van der Waals surface area (Å²) < 4.78 is 0. The van der Waals surface area contributed by atoms with E-state index < -0.39 is 11.5 Å². The second-order valence-electron chi connectivity index (χ2n) is 12.9. The molecule has 1 spiro atoms. The number of nitrogens with zero attached hydrogens (tertiary/aromatic N) is 5. The quantitative estimate of drug-likeness (QED) is 0.364. The first-order chi connectivity index (χ1) is 20.6. The van der Waals surface area contributed by atoms with Crippen molar-refractivity contribution in [3.63, 3.8) is 0 Å². The number of amides is 3. The minimum atomic E-state index is -0.726. The van der Waals surface area contributed by atoms with Gasteiger partial charge in [-0.15, -0.1) is 0 Å². The third-order valence-corrected chi connectivity index (χ3v) is 9.21. The van der Waals surface area contributed by atoms with Gasteiger partial charge >= 0.3 is 0 Å². The van der Waals surface area contributed by atoms with Crippen molar-refractivity contribution in [3.05, 3.63) is 83.9 Å². The molecular formula is C33H35N7O3. The van der Waals surface area contributed by atoms with Crippen LogP contribution in [0.4, 0.5) is 0 Å². The molecule has 0 bridgehead atoms. The van der Waals surface area contributed by atoms with Crippen molar-refractivity contribution in [2.75, 3.05) is 13.1 Å². The summed E-state index contributed by atoms with van der Waals surface area (Å²) in [7, 11) is 0. The largest absolute Gasteiger partial charge is 0.351 e. The van der Waals surface area contributed by atoms with Gasteiger partial charge in [0, 0.05) is 56.3 Å². The molecular weight excluding hydrogens is 542 g/mol. The molecule has 0 radical (unpaired) electrons. The summed E-state index contributed by atoms with van der Waals surface area (Å²) in [5.41, 5.74) is 2.93. The standard InChI is InChI=1S/C33H31N7O3.2H2/c1-32(2,3)28(38-29(41)25-12-20-6-4-5-7-23(20)37-25)31(43)39-17-27-33(13-26(33)39)18-40(27)30(42)24-11-9-21(16-36-24)22-10-8-19(14-34)15-35-22;;/h4-12,15-16,26-28,37H,13,17-18H2,1-3H3,(H,38,41);2*1H/t26-,27+,28+,33?;;/m0../s1. The summed E-state index contributed by atoms with van der Waals surface area (Å²) in [4.78, 5) is 56.3. The predicted molar refractivity (Wildman–Crippen MR) is 163 cm³/mol. The molecule has 1 aliphatic carbocycles. The lowest BCUT2D eigenvalue weighted by Gasteiger charge is -2.46. The molecule has 1 aromatic carbocycles. The van der Waals surface area contributed by atoms with Crippen LogP contribution in [0.5, 0.6) is 0 Å². The van der Waals surface area contributed by atoms with Crippen LogP contribution in [0.25, 0.3) is 22.2 Å². The Hall–Kier alpha value is -5.04. The molecule has 3 amide bonds. The Balaban J connectivity index is 0.00000200. The van der Waals surface area contributed by atoms with Crippen LogP contribution in [-0.2, 0) is 4.79 Å². The third kappa shape index (κ3) is 4.35. The molecule has 3 aromatic heterocycles. The van der Waals surface area contributed by atoms with Gasteiger partial charge in [0.2, 0.25) is 5.91 Å². The molecule has 10 nitrogen and oxygen atoms in total. The van der Waals surface area contributed by atoms with Gasteiger partial charge in [0.25, 0.3) is 11.8 Å². The number of carbonyl (C=O) groups excluding carboxylic acids is 3. The molecule has 5 heterocycles. The maximum atomic E-state index is 14.0. The Kier molecular flexibility index (Phi) is 5.92. The van der Waals surface area contributed by atoms with Crippen LogP contribution in [0.2, 0.25) is 0 Å². The second kappa shape index (κ2) is 9.49. The van der Waals surface area contributed by atoms with Gasteiger partial charge in [-0.1, -0.05) is 39.0 Å². The van der Waals surface area contributed by atoms with Gasteiger partial charge in [0.05, 0.1) is 17.3 Å². The van der Waals surface area contributed by atoms with Gasteiger partial charge in [-0.05, 0) is 48.2 Å². The maximum Gasteiger partial charge on any atom is 0.272 e. The SMILES string of the molecule is CC(C)(C)[C@H](NC(=O)c1cc2ccccc2[nH]1)C(=O)N1C[C@H]2N(C(=O)c3ccc(-c4ccc(C#N)cn4)cn3)CC23C[C@H]13.[HH].[HH]. The highest BCUT2D eigenvalue weighted by Gasteiger charge is 2.76. The van der Waals surface area contributed by atoms with Crippen LogP contribution in [0.1, 0.15) is 56.6 Å². The number of aromatic nitrogens is 3. The van der Waals surface area contributed by atoms with Crippen molar-refractivity contribution in [2.24, 2.45) is 10.8 Å². The van der Waals surface area contributed by atoms with E-state index in [2.05, 4.69) is 20.3 Å². The Morgan fingerprint density at radius 2 is 1.88 bits per heavy atom. The zero-order valence-corrected chi connectivity index (χ0v) is 24.2. The van der Waals surface area contributed by atoms with Crippen LogP contribution in [-0.4, -0.2) is 73.7 Å². The molecule has 2 N–H and O–H groups in total. The molecule has 220 valence electrons. The van der Waals surface area contributed by atoms with E-state index >= 15 is 0 Å². The van der Waals surface area contributed by atoms with E-state index in [9.17, 15) is 14.4 Å². The van der Waals surface area contributed by atoms with Crippen molar-refractivity contribution < 1.29 is 17.2 Å². The molecule has 1 unspecified atom stereocenters. The fraction of sp³-hybridized carbons (Fsp3) is 0.333. The number of piperidine rings is 1. The summed E-state index contributed by atoms with van der Waals surface area (Å²) in [5, 5.41) is 12.9. The number of rotatable bonds is 5. The van der Waals surface area contributed by atoms with Crippen LogP contribution in [0.3, 0.4) is 0 Å². The number of hydrogen-bond donors (Lipinski definition) is 2. The van der Waals surface area contributed by atoms with E-state index in [4.69, 9.17) is 5.26 Å². The Morgan fingerprint density at radius 3 is 2.56 bits per heavy atom. The molecule has 10 heteroatoms. The smallest absolute Gasteiger partial charge is 0.272 e. The third-order valence-electron chi connectivity index (χ3n) is 9.21. The Morgan fingerprint density at radius 1 is 1.07 bits per heavy atom. The first-order valence-electron chi connectivity index (χ1n) is 14.4. The number of likely N-dealkylation sites (tertiary alicyclic amines) is 2. The number of nitriles is 1. The van der Waals surface area contributed by atoms with Crippen molar-refractivity contribution >= 4 is 28.6 Å². The fourth-order valence-corrected chi connectivity index (χ4v) is 6.70. The minimum absolute atomic E-state index is 0.